The first kappa shape index (κ1) is 14.8. The number of nitrogens with two attached hydrogens (primary N) is 1. The van der Waals surface area contributed by atoms with Crippen LogP contribution in [0.3, 0.4) is 0 Å². The van der Waals surface area contributed by atoms with Gasteiger partial charge in [0, 0.05) is 23.4 Å². The van der Waals surface area contributed by atoms with E-state index >= 15 is 0 Å². The molecule has 0 unspecified atom stereocenters. The molecule has 0 saturated heterocycles. The molecule has 0 aliphatic heterocycles. The second-order valence-electron chi connectivity index (χ2n) is 3.70. The van der Waals surface area contributed by atoms with Gasteiger partial charge in [-0.25, -0.2) is 4.79 Å². The number of non-ortho nitro benzene ring substituents is 1. The number of hydrogen-bond acceptors (Lipinski definition) is 8. The average molecular weight is 310 g/mol. The third-order valence-electron chi connectivity index (χ3n) is 2.26. The van der Waals surface area contributed by atoms with Crippen LogP contribution < -0.4 is 5.73 Å². The summed E-state index contributed by atoms with van der Waals surface area (Å²) in [4.78, 5) is 20.6. The first-order chi connectivity index (χ1) is 10.1. The summed E-state index contributed by atoms with van der Waals surface area (Å²) in [6, 6.07) is 5.88. The molecule has 1 heterocycles. The van der Waals surface area contributed by atoms with Crippen LogP contribution in [-0.2, 0) is 4.74 Å². The molecule has 0 fully saturated rings. The molecule has 1 aromatic carbocycles. The van der Waals surface area contributed by atoms with Gasteiger partial charge in [0.05, 0.1) is 4.92 Å². The van der Waals surface area contributed by atoms with E-state index in [9.17, 15) is 14.9 Å². The zero-order chi connectivity index (χ0) is 15.2. The Morgan fingerprint density at radius 2 is 2.29 bits per heavy atom. The summed E-state index contributed by atoms with van der Waals surface area (Å²) in [6.07, 6.45) is -0.849. The molecule has 2 aromatic rings. The molecular formula is C11H10N4O5S. The first-order valence-corrected chi connectivity index (χ1v) is 6.68. The second-order valence-corrected chi connectivity index (χ2v) is 4.74. The molecule has 10 heteroatoms. The highest BCUT2D eigenvalue weighted by molar-refractivity contribution is 7.99. The van der Waals surface area contributed by atoms with E-state index in [2.05, 4.69) is 14.9 Å². The maximum absolute atomic E-state index is 10.7. The molecule has 1 aromatic heterocycles. The quantitative estimate of drug-likeness (QED) is 0.369. The zero-order valence-electron chi connectivity index (χ0n) is 10.6. The SMILES string of the molecule is NC(=O)OCCSc1nnc(-c2cccc([N+](=O)[O-])c2)o1. The lowest BCUT2D eigenvalue weighted by atomic mass is 10.2. The van der Waals surface area contributed by atoms with Crippen molar-refractivity contribution >= 4 is 23.5 Å². The van der Waals surface area contributed by atoms with E-state index in [1.165, 1.54) is 30.0 Å². The summed E-state index contributed by atoms with van der Waals surface area (Å²) in [6.45, 7) is 0.120. The van der Waals surface area contributed by atoms with Crippen molar-refractivity contribution in [3.05, 3.63) is 34.4 Å². The van der Waals surface area contributed by atoms with Gasteiger partial charge < -0.3 is 14.9 Å². The van der Waals surface area contributed by atoms with Gasteiger partial charge in [0.1, 0.15) is 6.61 Å². The number of rotatable bonds is 6. The number of thioether (sulfide) groups is 1. The first-order valence-electron chi connectivity index (χ1n) is 5.69. The molecule has 0 radical (unpaired) electrons. The van der Waals surface area contributed by atoms with Gasteiger partial charge in [-0.2, -0.15) is 0 Å². The summed E-state index contributed by atoms with van der Waals surface area (Å²) < 4.78 is 9.91. The van der Waals surface area contributed by atoms with Crippen LogP contribution in [-0.4, -0.2) is 33.6 Å². The number of hydrogen-bond donors (Lipinski definition) is 1. The number of primary amides is 1. The molecule has 0 spiro atoms. The molecule has 0 bridgehead atoms. The van der Waals surface area contributed by atoms with Gasteiger partial charge in [0.2, 0.25) is 5.89 Å². The maximum atomic E-state index is 10.7. The van der Waals surface area contributed by atoms with Crippen LogP contribution in [0, 0.1) is 10.1 Å². The third-order valence-corrected chi connectivity index (χ3v) is 3.05. The van der Waals surface area contributed by atoms with E-state index < -0.39 is 11.0 Å². The number of benzene rings is 1. The second kappa shape index (κ2) is 6.70. The largest absolute Gasteiger partial charge is 0.449 e. The fourth-order valence-electron chi connectivity index (χ4n) is 1.41. The van der Waals surface area contributed by atoms with Crippen molar-refractivity contribution in [1.29, 1.82) is 0 Å². The van der Waals surface area contributed by atoms with Gasteiger partial charge in [0.15, 0.2) is 0 Å². The fraction of sp³-hybridized carbons (Fsp3) is 0.182. The Bertz CT molecular complexity index is 660. The lowest BCUT2D eigenvalue weighted by Crippen LogP contribution is -2.14. The van der Waals surface area contributed by atoms with Crippen molar-refractivity contribution in [2.45, 2.75) is 5.22 Å². The molecule has 0 atom stereocenters. The standard InChI is InChI=1S/C11H10N4O5S/c12-10(16)19-4-5-21-11-14-13-9(20-11)7-2-1-3-8(6-7)15(17)18/h1-3,6H,4-5H2,(H2,12,16). The third kappa shape index (κ3) is 4.18. The summed E-state index contributed by atoms with van der Waals surface area (Å²) >= 11 is 1.18. The Kier molecular flexibility index (Phi) is 4.72. The summed E-state index contributed by atoms with van der Waals surface area (Å²) in [5.74, 6) is 0.580. The minimum absolute atomic E-state index is 0.0604. The van der Waals surface area contributed by atoms with Crippen molar-refractivity contribution in [3.8, 4) is 11.5 Å². The van der Waals surface area contributed by atoms with Crippen LogP contribution in [0.25, 0.3) is 11.5 Å². The highest BCUT2D eigenvalue weighted by atomic mass is 32.2. The van der Waals surface area contributed by atoms with Crippen LogP contribution in [0.1, 0.15) is 0 Å². The Morgan fingerprint density at radius 3 is 3.00 bits per heavy atom. The summed E-state index contributed by atoms with van der Waals surface area (Å²) in [7, 11) is 0. The number of carbonyl (C=O) groups excluding carboxylic acids is 1. The number of nitro benzene ring substituents is 1. The predicted octanol–water partition coefficient (Wildman–Crippen LogP) is 1.83. The molecule has 2 N–H and O–H groups in total. The van der Waals surface area contributed by atoms with E-state index in [0.717, 1.165) is 0 Å². The summed E-state index contributed by atoms with van der Waals surface area (Å²) in [5.41, 5.74) is 5.21. The van der Waals surface area contributed by atoms with Gasteiger partial charge >= 0.3 is 6.09 Å². The fourth-order valence-corrected chi connectivity index (χ4v) is 1.99. The molecule has 9 nitrogen and oxygen atoms in total. The van der Waals surface area contributed by atoms with Crippen LogP contribution in [0.2, 0.25) is 0 Å². The lowest BCUT2D eigenvalue weighted by molar-refractivity contribution is -0.384. The van der Waals surface area contributed by atoms with Gasteiger partial charge in [0.25, 0.3) is 10.9 Å². The number of ether oxygens (including phenoxy) is 1. The molecule has 0 aliphatic carbocycles. The molecule has 0 saturated carbocycles. The van der Waals surface area contributed by atoms with Crippen molar-refractivity contribution in [2.75, 3.05) is 12.4 Å². The molecule has 110 valence electrons. The normalized spacial score (nSPS) is 10.3. The molecular weight excluding hydrogens is 300 g/mol. The van der Waals surface area contributed by atoms with Crippen molar-refractivity contribution < 1.29 is 18.9 Å². The van der Waals surface area contributed by atoms with E-state index in [1.54, 1.807) is 6.07 Å². The van der Waals surface area contributed by atoms with Crippen LogP contribution in [0.4, 0.5) is 10.5 Å². The topological polar surface area (TPSA) is 134 Å². The number of nitro groups is 1. The molecule has 1 amide bonds. The number of amides is 1. The van der Waals surface area contributed by atoms with E-state index in [1.807, 2.05) is 0 Å². The number of aromatic nitrogens is 2. The monoisotopic (exact) mass is 310 g/mol. The van der Waals surface area contributed by atoms with Crippen LogP contribution in [0.15, 0.2) is 33.9 Å². The molecule has 21 heavy (non-hydrogen) atoms. The number of carbonyl (C=O) groups is 1. The Balaban J connectivity index is 2.01. The average Bonchev–Trinajstić information content (AvgIpc) is 2.92. The van der Waals surface area contributed by atoms with Crippen LogP contribution >= 0.6 is 11.8 Å². The minimum Gasteiger partial charge on any atom is -0.449 e. The highest BCUT2D eigenvalue weighted by Gasteiger charge is 2.13. The lowest BCUT2D eigenvalue weighted by Gasteiger charge is -1.98. The van der Waals surface area contributed by atoms with Gasteiger partial charge in [-0.3, -0.25) is 10.1 Å². The van der Waals surface area contributed by atoms with E-state index in [-0.39, 0.29) is 23.4 Å². The summed E-state index contributed by atoms with van der Waals surface area (Å²) in [5, 5.41) is 18.6. The number of nitrogens with zero attached hydrogens (tertiary/aromatic N) is 3. The van der Waals surface area contributed by atoms with Crippen molar-refractivity contribution in [3.63, 3.8) is 0 Å². The minimum atomic E-state index is -0.849. The maximum Gasteiger partial charge on any atom is 0.404 e. The smallest absolute Gasteiger partial charge is 0.404 e. The zero-order valence-corrected chi connectivity index (χ0v) is 11.4. The van der Waals surface area contributed by atoms with Gasteiger partial charge in [-0.15, -0.1) is 10.2 Å². The van der Waals surface area contributed by atoms with Crippen LogP contribution in [0.5, 0.6) is 0 Å². The van der Waals surface area contributed by atoms with Gasteiger partial charge in [-0.05, 0) is 6.07 Å². The van der Waals surface area contributed by atoms with E-state index in [4.69, 9.17) is 10.2 Å². The molecule has 2 rings (SSSR count). The van der Waals surface area contributed by atoms with Crippen molar-refractivity contribution in [1.82, 2.24) is 10.2 Å². The predicted molar refractivity (Wildman–Crippen MR) is 72.6 cm³/mol. The van der Waals surface area contributed by atoms with Crippen molar-refractivity contribution in [2.24, 2.45) is 5.73 Å². The highest BCUT2D eigenvalue weighted by Crippen LogP contribution is 2.25. The Labute approximate surface area is 122 Å². The Morgan fingerprint density at radius 1 is 1.48 bits per heavy atom. The molecule has 0 aliphatic rings. The van der Waals surface area contributed by atoms with Gasteiger partial charge in [-0.1, -0.05) is 17.8 Å². The Hall–Kier alpha value is -2.62. The van der Waals surface area contributed by atoms with E-state index in [0.29, 0.717) is 11.3 Å².